The van der Waals surface area contributed by atoms with Crippen molar-refractivity contribution in [1.82, 2.24) is 4.90 Å². The van der Waals surface area contributed by atoms with Gasteiger partial charge < -0.3 is 10.2 Å². The first-order chi connectivity index (χ1) is 10.6. The first-order valence-corrected chi connectivity index (χ1v) is 8.72. The lowest BCUT2D eigenvalue weighted by atomic mass is 10.2. The molecule has 1 aromatic rings. The molecule has 120 valence electrons. The Balaban J connectivity index is 1.92. The van der Waals surface area contributed by atoms with Gasteiger partial charge in [-0.3, -0.25) is 9.59 Å². The predicted octanol–water partition coefficient (Wildman–Crippen LogP) is 3.67. The summed E-state index contributed by atoms with van der Waals surface area (Å²) in [4.78, 5) is 26.6. The molecule has 0 saturated heterocycles. The number of amides is 2. The molecule has 2 amide bonds. The molecule has 1 aromatic carbocycles. The van der Waals surface area contributed by atoms with Crippen LogP contribution in [0.1, 0.15) is 33.1 Å². The van der Waals surface area contributed by atoms with Crippen LogP contribution in [-0.4, -0.2) is 29.8 Å². The van der Waals surface area contributed by atoms with Crippen molar-refractivity contribution >= 4 is 33.4 Å². The zero-order valence-corrected chi connectivity index (χ0v) is 14.7. The number of hydrogen-bond donors (Lipinski definition) is 1. The zero-order valence-electron chi connectivity index (χ0n) is 13.1. The van der Waals surface area contributed by atoms with Gasteiger partial charge in [-0.05, 0) is 47.3 Å². The summed E-state index contributed by atoms with van der Waals surface area (Å²) in [6.07, 6.45) is 2.57. The van der Waals surface area contributed by atoms with Crippen molar-refractivity contribution in [3.8, 4) is 0 Å². The summed E-state index contributed by atoms with van der Waals surface area (Å²) in [7, 11) is 0. The molecule has 0 aromatic heterocycles. The Kier molecular flexibility index (Phi) is 6.00. The zero-order chi connectivity index (χ0) is 16.1. The molecule has 1 N–H and O–H groups in total. The van der Waals surface area contributed by atoms with Gasteiger partial charge in [-0.2, -0.15) is 0 Å². The molecule has 2 atom stereocenters. The lowest BCUT2D eigenvalue weighted by Crippen LogP contribution is -2.34. The molecule has 2 unspecified atom stereocenters. The highest BCUT2D eigenvalue weighted by atomic mass is 79.9. The molecule has 1 fully saturated rings. The Bertz CT molecular complexity index is 541. The summed E-state index contributed by atoms with van der Waals surface area (Å²) in [6.45, 7) is 5.70. The molecule has 1 aliphatic rings. The van der Waals surface area contributed by atoms with Crippen LogP contribution in [0.4, 0.5) is 5.69 Å². The smallest absolute Gasteiger partial charge is 0.228 e. The third-order valence-electron chi connectivity index (χ3n) is 3.87. The van der Waals surface area contributed by atoms with Crippen LogP contribution in [0.15, 0.2) is 28.7 Å². The maximum atomic E-state index is 12.5. The molecule has 2 rings (SSSR count). The number of hydrogen-bond acceptors (Lipinski definition) is 2. The highest BCUT2D eigenvalue weighted by Crippen LogP contribution is 2.41. The monoisotopic (exact) mass is 366 g/mol. The molecule has 1 saturated carbocycles. The summed E-state index contributed by atoms with van der Waals surface area (Å²) in [5, 5.41) is 2.90. The van der Waals surface area contributed by atoms with Crippen molar-refractivity contribution in [3.63, 3.8) is 0 Å². The second-order valence-electron chi connectivity index (χ2n) is 5.74. The van der Waals surface area contributed by atoms with Gasteiger partial charge in [0.1, 0.15) is 0 Å². The van der Waals surface area contributed by atoms with E-state index in [1.165, 1.54) is 0 Å². The van der Waals surface area contributed by atoms with Crippen molar-refractivity contribution < 1.29 is 9.59 Å². The Labute approximate surface area is 140 Å². The Morgan fingerprint density at radius 1 is 1.18 bits per heavy atom. The summed E-state index contributed by atoms with van der Waals surface area (Å²) in [5.41, 5.74) is 0.754. The fourth-order valence-electron chi connectivity index (χ4n) is 2.65. The number of nitrogens with zero attached hydrogens (tertiary/aromatic N) is 1. The van der Waals surface area contributed by atoms with Crippen molar-refractivity contribution in [2.75, 3.05) is 18.4 Å². The van der Waals surface area contributed by atoms with Gasteiger partial charge in [0, 0.05) is 17.6 Å². The van der Waals surface area contributed by atoms with Crippen LogP contribution in [0.2, 0.25) is 0 Å². The van der Waals surface area contributed by atoms with Crippen LogP contribution < -0.4 is 5.32 Å². The molecule has 0 spiro atoms. The molecule has 0 heterocycles. The third-order valence-corrected chi connectivity index (χ3v) is 4.57. The van der Waals surface area contributed by atoms with Gasteiger partial charge >= 0.3 is 0 Å². The number of rotatable bonds is 7. The van der Waals surface area contributed by atoms with E-state index >= 15 is 0 Å². The van der Waals surface area contributed by atoms with Crippen LogP contribution in [0.25, 0.3) is 0 Å². The Morgan fingerprint density at radius 3 is 2.41 bits per heavy atom. The molecule has 0 bridgehead atoms. The van der Waals surface area contributed by atoms with E-state index in [9.17, 15) is 9.59 Å². The molecule has 0 radical (unpaired) electrons. The largest absolute Gasteiger partial charge is 0.342 e. The van der Waals surface area contributed by atoms with Gasteiger partial charge in [0.05, 0.1) is 17.5 Å². The number of para-hydroxylation sites is 1. The van der Waals surface area contributed by atoms with E-state index in [0.717, 1.165) is 36.1 Å². The van der Waals surface area contributed by atoms with E-state index in [-0.39, 0.29) is 23.7 Å². The predicted molar refractivity (Wildman–Crippen MR) is 91.5 cm³/mol. The summed E-state index contributed by atoms with van der Waals surface area (Å²) in [6, 6.07) is 7.51. The first kappa shape index (κ1) is 17.0. The highest BCUT2D eigenvalue weighted by Gasteiger charge is 2.49. The van der Waals surface area contributed by atoms with Crippen LogP contribution in [0, 0.1) is 11.8 Å². The van der Waals surface area contributed by atoms with E-state index in [4.69, 9.17) is 0 Å². The van der Waals surface area contributed by atoms with E-state index < -0.39 is 0 Å². The second kappa shape index (κ2) is 7.77. The quantitative estimate of drug-likeness (QED) is 0.800. The van der Waals surface area contributed by atoms with Crippen LogP contribution in [0.5, 0.6) is 0 Å². The fourth-order valence-corrected chi connectivity index (χ4v) is 3.04. The number of nitrogens with one attached hydrogen (secondary N) is 1. The molecule has 1 aliphatic carbocycles. The van der Waals surface area contributed by atoms with Gasteiger partial charge in [0.2, 0.25) is 11.8 Å². The van der Waals surface area contributed by atoms with E-state index in [1.807, 2.05) is 29.2 Å². The van der Waals surface area contributed by atoms with E-state index in [2.05, 4.69) is 35.1 Å². The topological polar surface area (TPSA) is 49.4 Å². The van der Waals surface area contributed by atoms with Crippen molar-refractivity contribution in [3.05, 3.63) is 28.7 Å². The Hall–Kier alpha value is -1.36. The maximum absolute atomic E-state index is 12.5. The van der Waals surface area contributed by atoms with Crippen LogP contribution in [-0.2, 0) is 9.59 Å². The SMILES string of the molecule is CCCN(CCC)C(=O)C1CC1C(=O)Nc1ccccc1Br. The lowest BCUT2D eigenvalue weighted by molar-refractivity contribution is -0.134. The normalized spacial score (nSPS) is 19.6. The summed E-state index contributed by atoms with van der Waals surface area (Å²) >= 11 is 3.41. The van der Waals surface area contributed by atoms with E-state index in [0.29, 0.717) is 6.42 Å². The fraction of sp³-hybridized carbons (Fsp3) is 0.529. The van der Waals surface area contributed by atoms with Crippen molar-refractivity contribution in [2.45, 2.75) is 33.1 Å². The first-order valence-electron chi connectivity index (χ1n) is 7.92. The van der Waals surface area contributed by atoms with Gasteiger partial charge in [-0.1, -0.05) is 26.0 Å². The molecule has 22 heavy (non-hydrogen) atoms. The van der Waals surface area contributed by atoms with Gasteiger partial charge in [-0.15, -0.1) is 0 Å². The minimum atomic E-state index is -0.184. The Morgan fingerprint density at radius 2 is 1.82 bits per heavy atom. The molecule has 4 nitrogen and oxygen atoms in total. The molecular formula is C17H23BrN2O2. The van der Waals surface area contributed by atoms with Crippen molar-refractivity contribution in [1.29, 1.82) is 0 Å². The number of benzene rings is 1. The number of carbonyl (C=O) groups is 2. The van der Waals surface area contributed by atoms with Crippen LogP contribution >= 0.6 is 15.9 Å². The number of halogens is 1. The molecule has 0 aliphatic heterocycles. The highest BCUT2D eigenvalue weighted by molar-refractivity contribution is 9.10. The minimum absolute atomic E-state index is 0.0572. The van der Waals surface area contributed by atoms with Gasteiger partial charge in [-0.25, -0.2) is 0 Å². The van der Waals surface area contributed by atoms with E-state index in [1.54, 1.807) is 0 Å². The summed E-state index contributed by atoms with van der Waals surface area (Å²) < 4.78 is 0.852. The maximum Gasteiger partial charge on any atom is 0.228 e. The number of anilines is 1. The summed E-state index contributed by atoms with van der Waals surface area (Å²) in [5.74, 6) is -0.245. The number of carbonyl (C=O) groups excluding carboxylic acids is 2. The molecular weight excluding hydrogens is 344 g/mol. The third kappa shape index (κ3) is 4.09. The molecule has 5 heteroatoms. The van der Waals surface area contributed by atoms with Crippen LogP contribution in [0.3, 0.4) is 0 Å². The average molecular weight is 367 g/mol. The minimum Gasteiger partial charge on any atom is -0.342 e. The van der Waals surface area contributed by atoms with Gasteiger partial charge in [0.25, 0.3) is 0 Å². The standard InChI is InChI=1S/C17H23BrN2O2/c1-3-9-20(10-4-2)17(22)13-11-12(13)16(21)19-15-8-6-5-7-14(15)18/h5-8,12-13H,3-4,9-11H2,1-2H3,(H,19,21). The van der Waals surface area contributed by atoms with Crippen molar-refractivity contribution in [2.24, 2.45) is 11.8 Å². The average Bonchev–Trinajstić information content (AvgIpc) is 3.29. The van der Waals surface area contributed by atoms with Gasteiger partial charge in [0.15, 0.2) is 0 Å². The second-order valence-corrected chi connectivity index (χ2v) is 6.60. The lowest BCUT2D eigenvalue weighted by Gasteiger charge is -2.21.